The highest BCUT2D eigenvalue weighted by atomic mass is 16.2. The summed E-state index contributed by atoms with van der Waals surface area (Å²) in [6.07, 6.45) is 6.86. The van der Waals surface area contributed by atoms with Crippen LogP contribution in [0.1, 0.15) is 66.2 Å². The number of amides is 1. The first-order chi connectivity index (χ1) is 9.75. The Kier molecular flexibility index (Phi) is 5.02. The number of hydrogen-bond acceptors (Lipinski definition) is 2. The molecule has 2 saturated carbocycles. The number of nitrogens with zero attached hydrogens (tertiary/aromatic N) is 1. The Hall–Kier alpha value is -0.570. The molecule has 2 aliphatic rings. The second kappa shape index (κ2) is 6.28. The van der Waals surface area contributed by atoms with Crippen molar-refractivity contribution in [2.24, 2.45) is 28.9 Å². The molecule has 2 N–H and O–H groups in total. The normalized spacial score (nSPS) is 39.8. The van der Waals surface area contributed by atoms with E-state index in [4.69, 9.17) is 5.73 Å². The summed E-state index contributed by atoms with van der Waals surface area (Å²) in [5.74, 6) is 1.65. The van der Waals surface area contributed by atoms with Crippen LogP contribution < -0.4 is 5.73 Å². The summed E-state index contributed by atoms with van der Waals surface area (Å²) >= 11 is 0. The molecule has 0 aromatic carbocycles. The molecule has 0 aliphatic heterocycles. The van der Waals surface area contributed by atoms with Crippen molar-refractivity contribution in [3.8, 4) is 0 Å². The smallest absolute Gasteiger partial charge is 0.226 e. The van der Waals surface area contributed by atoms with Gasteiger partial charge in [0.1, 0.15) is 0 Å². The summed E-state index contributed by atoms with van der Waals surface area (Å²) < 4.78 is 0. The molecule has 5 atom stereocenters. The van der Waals surface area contributed by atoms with E-state index >= 15 is 0 Å². The summed E-state index contributed by atoms with van der Waals surface area (Å²) in [6, 6.07) is 0.687. The fourth-order valence-corrected chi connectivity index (χ4v) is 4.47. The van der Waals surface area contributed by atoms with Crippen LogP contribution in [0.15, 0.2) is 0 Å². The second-order valence-corrected chi connectivity index (χ2v) is 8.28. The minimum Gasteiger partial charge on any atom is -0.343 e. The zero-order valence-corrected chi connectivity index (χ0v) is 14.6. The molecule has 5 unspecified atom stereocenters. The molecule has 0 saturated heterocycles. The van der Waals surface area contributed by atoms with Crippen LogP contribution in [0.4, 0.5) is 0 Å². The summed E-state index contributed by atoms with van der Waals surface area (Å²) in [5.41, 5.74) is 6.23. The Labute approximate surface area is 130 Å². The van der Waals surface area contributed by atoms with Gasteiger partial charge < -0.3 is 10.6 Å². The quantitative estimate of drug-likeness (QED) is 0.848. The standard InChI is InChI=1S/C18H34N2O/c1-12-7-6-8-14(11-12)20(5)17(21)15-9-10-16(19)13(2)18(15,3)4/h12-16H,6-11,19H2,1-5H3. The van der Waals surface area contributed by atoms with E-state index in [1.807, 2.05) is 7.05 Å². The maximum Gasteiger partial charge on any atom is 0.226 e. The first-order valence-electron chi connectivity index (χ1n) is 8.77. The van der Waals surface area contributed by atoms with Crippen LogP contribution in [-0.2, 0) is 4.79 Å². The van der Waals surface area contributed by atoms with E-state index in [9.17, 15) is 4.79 Å². The maximum atomic E-state index is 13.1. The summed E-state index contributed by atoms with van der Waals surface area (Å²) in [6.45, 7) is 9.00. The van der Waals surface area contributed by atoms with Crippen LogP contribution in [0.3, 0.4) is 0 Å². The molecular weight excluding hydrogens is 260 g/mol. The molecule has 0 aromatic rings. The van der Waals surface area contributed by atoms with Crippen molar-refractivity contribution in [1.29, 1.82) is 0 Å². The van der Waals surface area contributed by atoms with Gasteiger partial charge in [0.25, 0.3) is 0 Å². The van der Waals surface area contributed by atoms with Crippen molar-refractivity contribution in [2.45, 2.75) is 78.3 Å². The molecule has 0 bridgehead atoms. The van der Waals surface area contributed by atoms with Crippen molar-refractivity contribution < 1.29 is 4.79 Å². The molecule has 21 heavy (non-hydrogen) atoms. The summed E-state index contributed by atoms with van der Waals surface area (Å²) in [4.78, 5) is 15.1. The largest absolute Gasteiger partial charge is 0.343 e. The molecule has 2 fully saturated rings. The summed E-state index contributed by atoms with van der Waals surface area (Å²) in [5, 5.41) is 0. The average molecular weight is 294 g/mol. The lowest BCUT2D eigenvalue weighted by Gasteiger charge is -2.48. The lowest BCUT2D eigenvalue weighted by molar-refractivity contribution is -0.145. The van der Waals surface area contributed by atoms with E-state index in [-0.39, 0.29) is 17.4 Å². The number of rotatable bonds is 2. The van der Waals surface area contributed by atoms with Gasteiger partial charge in [-0.3, -0.25) is 4.79 Å². The molecule has 2 aliphatic carbocycles. The van der Waals surface area contributed by atoms with Gasteiger partial charge in [0.2, 0.25) is 5.91 Å². The van der Waals surface area contributed by atoms with Crippen molar-refractivity contribution in [1.82, 2.24) is 4.90 Å². The Morgan fingerprint density at radius 3 is 2.43 bits per heavy atom. The number of hydrogen-bond donors (Lipinski definition) is 1. The molecule has 2 rings (SSSR count). The van der Waals surface area contributed by atoms with Crippen LogP contribution in [0, 0.1) is 23.2 Å². The molecule has 1 amide bonds. The third-order valence-electron chi connectivity index (χ3n) is 6.60. The Morgan fingerprint density at radius 2 is 1.81 bits per heavy atom. The van der Waals surface area contributed by atoms with Crippen LogP contribution in [0.5, 0.6) is 0 Å². The van der Waals surface area contributed by atoms with E-state index in [1.165, 1.54) is 25.7 Å². The predicted octanol–water partition coefficient (Wildman–Crippen LogP) is 3.42. The van der Waals surface area contributed by atoms with Crippen molar-refractivity contribution >= 4 is 5.91 Å². The zero-order chi connectivity index (χ0) is 15.8. The van der Waals surface area contributed by atoms with Crippen LogP contribution >= 0.6 is 0 Å². The van der Waals surface area contributed by atoms with Gasteiger partial charge in [0.15, 0.2) is 0 Å². The van der Waals surface area contributed by atoms with Gasteiger partial charge in [0, 0.05) is 25.0 Å². The first kappa shape index (κ1) is 16.8. The number of carbonyl (C=O) groups is 1. The molecule has 0 spiro atoms. The number of nitrogens with two attached hydrogens (primary N) is 1. The predicted molar refractivity (Wildman–Crippen MR) is 87.8 cm³/mol. The monoisotopic (exact) mass is 294 g/mol. The van der Waals surface area contributed by atoms with Crippen LogP contribution in [0.25, 0.3) is 0 Å². The first-order valence-corrected chi connectivity index (χ1v) is 8.77. The molecular formula is C18H34N2O. The Morgan fingerprint density at radius 1 is 1.14 bits per heavy atom. The van der Waals surface area contributed by atoms with Gasteiger partial charge in [0.05, 0.1) is 0 Å². The molecule has 3 nitrogen and oxygen atoms in total. The lowest BCUT2D eigenvalue weighted by Crippen LogP contribution is -2.53. The topological polar surface area (TPSA) is 46.3 Å². The van der Waals surface area contributed by atoms with Crippen LogP contribution in [-0.4, -0.2) is 29.9 Å². The molecule has 3 heteroatoms. The van der Waals surface area contributed by atoms with Crippen LogP contribution in [0.2, 0.25) is 0 Å². The SMILES string of the molecule is CC1CCCC(N(C)C(=O)C2CCC(N)C(C)C2(C)C)C1. The average Bonchev–Trinajstić information content (AvgIpc) is 2.43. The van der Waals surface area contributed by atoms with E-state index in [1.54, 1.807) is 0 Å². The van der Waals surface area contributed by atoms with Crippen molar-refractivity contribution in [2.75, 3.05) is 7.05 Å². The van der Waals surface area contributed by atoms with Gasteiger partial charge in [-0.25, -0.2) is 0 Å². The van der Waals surface area contributed by atoms with E-state index in [0.29, 0.717) is 17.9 Å². The minimum absolute atomic E-state index is 0.00327. The minimum atomic E-state index is 0.00327. The maximum absolute atomic E-state index is 13.1. The highest BCUT2D eigenvalue weighted by Gasteiger charge is 2.46. The highest BCUT2D eigenvalue weighted by Crippen LogP contribution is 2.45. The van der Waals surface area contributed by atoms with E-state index in [2.05, 4.69) is 32.6 Å². The summed E-state index contributed by atoms with van der Waals surface area (Å²) in [7, 11) is 2.03. The molecule has 0 radical (unpaired) electrons. The highest BCUT2D eigenvalue weighted by molar-refractivity contribution is 5.80. The third-order valence-corrected chi connectivity index (χ3v) is 6.60. The van der Waals surface area contributed by atoms with Gasteiger partial charge in [-0.15, -0.1) is 0 Å². The lowest BCUT2D eigenvalue weighted by atomic mass is 9.60. The second-order valence-electron chi connectivity index (χ2n) is 8.28. The Balaban J connectivity index is 2.08. The third kappa shape index (κ3) is 3.28. The molecule has 122 valence electrons. The van der Waals surface area contributed by atoms with E-state index < -0.39 is 0 Å². The fraction of sp³-hybridized carbons (Fsp3) is 0.944. The van der Waals surface area contributed by atoms with Gasteiger partial charge in [-0.1, -0.05) is 40.5 Å². The fourth-order valence-electron chi connectivity index (χ4n) is 4.47. The van der Waals surface area contributed by atoms with Crippen molar-refractivity contribution in [3.63, 3.8) is 0 Å². The van der Waals surface area contributed by atoms with Gasteiger partial charge >= 0.3 is 0 Å². The van der Waals surface area contributed by atoms with Gasteiger partial charge in [-0.2, -0.15) is 0 Å². The van der Waals surface area contributed by atoms with E-state index in [0.717, 1.165) is 18.8 Å². The van der Waals surface area contributed by atoms with Gasteiger partial charge in [-0.05, 0) is 42.9 Å². The Bertz CT molecular complexity index is 379. The molecule has 0 aromatic heterocycles. The zero-order valence-electron chi connectivity index (χ0n) is 14.6. The molecule has 0 heterocycles. The number of carbonyl (C=O) groups excluding carboxylic acids is 1. The van der Waals surface area contributed by atoms with Crippen molar-refractivity contribution in [3.05, 3.63) is 0 Å².